The molecule has 1 atom stereocenters. The minimum Gasteiger partial charge on any atom is -0.354 e. The zero-order valence-corrected chi connectivity index (χ0v) is 22.7. The molecule has 0 saturated carbocycles. The van der Waals surface area contributed by atoms with Gasteiger partial charge in [-0.3, -0.25) is 9.59 Å². The molecule has 0 aromatic heterocycles. The summed E-state index contributed by atoms with van der Waals surface area (Å²) in [5, 5.41) is 3.70. The Hall–Kier alpha value is -2.76. The molecule has 190 valence electrons. The predicted molar refractivity (Wildman–Crippen MR) is 151 cm³/mol. The van der Waals surface area contributed by atoms with Crippen molar-refractivity contribution in [2.45, 2.75) is 51.4 Å². The minimum absolute atomic E-state index is 0.0476. The van der Waals surface area contributed by atoms with Gasteiger partial charge in [-0.15, -0.1) is 11.8 Å². The fraction of sp³-hybridized carbons (Fsp3) is 0.333. The smallest absolute Gasteiger partial charge is 0.243 e. The monoisotopic (exact) mass is 522 g/mol. The lowest BCUT2D eigenvalue weighted by Gasteiger charge is -2.31. The van der Waals surface area contributed by atoms with Crippen LogP contribution in [-0.2, 0) is 28.3 Å². The molecule has 3 aromatic carbocycles. The van der Waals surface area contributed by atoms with Crippen molar-refractivity contribution in [3.8, 4) is 0 Å². The van der Waals surface area contributed by atoms with Gasteiger partial charge < -0.3 is 10.2 Å². The fourth-order valence-corrected chi connectivity index (χ4v) is 4.87. The van der Waals surface area contributed by atoms with E-state index >= 15 is 0 Å². The van der Waals surface area contributed by atoms with Crippen LogP contribution in [0.1, 0.15) is 42.0 Å². The number of nitrogens with zero attached hydrogens (tertiary/aromatic N) is 1. The van der Waals surface area contributed by atoms with Crippen LogP contribution in [-0.4, -0.2) is 35.1 Å². The van der Waals surface area contributed by atoms with E-state index < -0.39 is 6.04 Å². The van der Waals surface area contributed by atoms with Crippen LogP contribution in [0.25, 0.3) is 0 Å². The molecule has 0 bridgehead atoms. The third-order valence-electron chi connectivity index (χ3n) is 5.98. The number of rotatable bonds is 13. The van der Waals surface area contributed by atoms with E-state index in [4.69, 9.17) is 11.6 Å². The Kier molecular flexibility index (Phi) is 11.4. The molecule has 36 heavy (non-hydrogen) atoms. The highest BCUT2D eigenvalue weighted by molar-refractivity contribution is 7.99. The van der Waals surface area contributed by atoms with Crippen molar-refractivity contribution in [2.24, 2.45) is 0 Å². The van der Waals surface area contributed by atoms with Crippen molar-refractivity contribution in [1.82, 2.24) is 10.2 Å². The maximum atomic E-state index is 13.6. The van der Waals surface area contributed by atoms with Gasteiger partial charge in [0.25, 0.3) is 0 Å². The highest BCUT2D eigenvalue weighted by Crippen LogP contribution is 2.20. The average molecular weight is 523 g/mol. The Labute approximate surface area is 224 Å². The van der Waals surface area contributed by atoms with Crippen LogP contribution in [0.4, 0.5) is 0 Å². The van der Waals surface area contributed by atoms with Crippen molar-refractivity contribution >= 4 is 35.2 Å². The maximum Gasteiger partial charge on any atom is 0.243 e. The van der Waals surface area contributed by atoms with Gasteiger partial charge in [-0.05, 0) is 42.2 Å². The first-order valence-electron chi connectivity index (χ1n) is 12.4. The SMILES string of the molecule is CCCCNC(=O)C(Cc1ccccc1)N(Cc1ccc(Cl)cc1)C(=O)CSCc1ccc(C)cc1. The predicted octanol–water partition coefficient (Wildman–Crippen LogP) is 6.44. The number of carbonyl (C=O) groups is 2. The Morgan fingerprint density at radius 3 is 2.25 bits per heavy atom. The van der Waals surface area contributed by atoms with Gasteiger partial charge in [0, 0.05) is 30.3 Å². The summed E-state index contributed by atoms with van der Waals surface area (Å²) in [5.74, 6) is 0.883. The molecule has 1 unspecified atom stereocenters. The van der Waals surface area contributed by atoms with Crippen molar-refractivity contribution in [2.75, 3.05) is 12.3 Å². The van der Waals surface area contributed by atoms with E-state index in [1.807, 2.05) is 54.6 Å². The quantitative estimate of drug-likeness (QED) is 0.263. The van der Waals surface area contributed by atoms with Crippen LogP contribution in [0.5, 0.6) is 0 Å². The molecular formula is C30H35ClN2O2S. The summed E-state index contributed by atoms with van der Waals surface area (Å²) in [6.07, 6.45) is 2.36. The molecule has 2 amide bonds. The number of aryl methyl sites for hydroxylation is 1. The van der Waals surface area contributed by atoms with E-state index in [-0.39, 0.29) is 11.8 Å². The summed E-state index contributed by atoms with van der Waals surface area (Å²) >= 11 is 7.67. The van der Waals surface area contributed by atoms with E-state index in [0.717, 1.165) is 29.7 Å². The summed E-state index contributed by atoms with van der Waals surface area (Å²) in [7, 11) is 0. The zero-order valence-electron chi connectivity index (χ0n) is 21.1. The van der Waals surface area contributed by atoms with Crippen LogP contribution < -0.4 is 5.32 Å². The molecule has 0 aliphatic carbocycles. The van der Waals surface area contributed by atoms with Crippen LogP contribution in [0.15, 0.2) is 78.9 Å². The molecule has 0 saturated heterocycles. The second kappa shape index (κ2) is 14.7. The van der Waals surface area contributed by atoms with Gasteiger partial charge in [-0.1, -0.05) is 97.2 Å². The molecule has 4 nitrogen and oxygen atoms in total. The average Bonchev–Trinajstić information content (AvgIpc) is 2.89. The van der Waals surface area contributed by atoms with E-state index in [1.54, 1.807) is 16.7 Å². The van der Waals surface area contributed by atoms with Crippen LogP contribution in [0.2, 0.25) is 5.02 Å². The highest BCUT2D eigenvalue weighted by atomic mass is 35.5. The molecule has 0 spiro atoms. The van der Waals surface area contributed by atoms with E-state index in [2.05, 4.69) is 43.4 Å². The van der Waals surface area contributed by atoms with Crippen molar-refractivity contribution < 1.29 is 9.59 Å². The van der Waals surface area contributed by atoms with Gasteiger partial charge in [0.05, 0.1) is 5.75 Å². The fourth-order valence-electron chi connectivity index (χ4n) is 3.87. The number of halogens is 1. The first-order chi connectivity index (χ1) is 17.5. The lowest BCUT2D eigenvalue weighted by molar-refractivity contribution is -0.139. The van der Waals surface area contributed by atoms with E-state index in [9.17, 15) is 9.59 Å². The van der Waals surface area contributed by atoms with Crippen LogP contribution in [0, 0.1) is 6.92 Å². The highest BCUT2D eigenvalue weighted by Gasteiger charge is 2.30. The van der Waals surface area contributed by atoms with Crippen molar-refractivity contribution in [1.29, 1.82) is 0 Å². The molecular weight excluding hydrogens is 488 g/mol. The Bertz CT molecular complexity index is 1090. The molecule has 0 heterocycles. The van der Waals surface area contributed by atoms with Crippen LogP contribution >= 0.6 is 23.4 Å². The summed E-state index contributed by atoms with van der Waals surface area (Å²) in [6.45, 7) is 5.11. The first-order valence-corrected chi connectivity index (χ1v) is 14.0. The number of unbranched alkanes of at least 4 members (excludes halogenated alkanes) is 1. The molecule has 1 N–H and O–H groups in total. The number of hydrogen-bond donors (Lipinski definition) is 1. The van der Waals surface area contributed by atoms with Gasteiger partial charge in [0.2, 0.25) is 11.8 Å². The third-order valence-corrected chi connectivity index (χ3v) is 7.22. The number of thioether (sulfide) groups is 1. The van der Waals surface area contributed by atoms with Crippen LogP contribution in [0.3, 0.4) is 0 Å². The Morgan fingerprint density at radius 2 is 1.58 bits per heavy atom. The number of amides is 2. The summed E-state index contributed by atoms with van der Waals surface area (Å²) in [5.41, 5.74) is 4.36. The van der Waals surface area contributed by atoms with Crippen molar-refractivity contribution in [3.05, 3.63) is 106 Å². The van der Waals surface area contributed by atoms with E-state index in [1.165, 1.54) is 11.1 Å². The topological polar surface area (TPSA) is 49.4 Å². The lowest BCUT2D eigenvalue weighted by Crippen LogP contribution is -2.51. The van der Waals surface area contributed by atoms with Crippen molar-refractivity contribution in [3.63, 3.8) is 0 Å². The van der Waals surface area contributed by atoms with Gasteiger partial charge in [0.15, 0.2) is 0 Å². The maximum absolute atomic E-state index is 13.6. The van der Waals surface area contributed by atoms with Gasteiger partial charge in [-0.2, -0.15) is 0 Å². The number of benzene rings is 3. The van der Waals surface area contributed by atoms with Gasteiger partial charge in [0.1, 0.15) is 6.04 Å². The number of nitrogens with one attached hydrogen (secondary N) is 1. The molecule has 6 heteroatoms. The molecule has 3 aromatic rings. The largest absolute Gasteiger partial charge is 0.354 e. The number of carbonyl (C=O) groups excluding carboxylic acids is 2. The number of hydrogen-bond acceptors (Lipinski definition) is 3. The minimum atomic E-state index is -0.604. The molecule has 0 aliphatic rings. The van der Waals surface area contributed by atoms with E-state index in [0.29, 0.717) is 30.3 Å². The second-order valence-corrected chi connectivity index (χ2v) is 10.4. The first kappa shape index (κ1) is 27.8. The standard InChI is InChI=1S/C30H35ClN2O2S/c1-3-4-18-32-30(35)28(19-24-8-6-5-7-9-24)33(20-25-14-16-27(31)17-15-25)29(34)22-36-21-26-12-10-23(2)11-13-26/h5-17,28H,3-4,18-22H2,1-2H3,(H,32,35). The lowest BCUT2D eigenvalue weighted by atomic mass is 10.0. The summed E-state index contributed by atoms with van der Waals surface area (Å²) in [4.78, 5) is 28.8. The summed E-state index contributed by atoms with van der Waals surface area (Å²) < 4.78 is 0. The Morgan fingerprint density at radius 1 is 0.917 bits per heavy atom. The Balaban J connectivity index is 1.81. The molecule has 0 aliphatic heterocycles. The second-order valence-electron chi connectivity index (χ2n) is 8.98. The van der Waals surface area contributed by atoms with Gasteiger partial charge >= 0.3 is 0 Å². The zero-order chi connectivity index (χ0) is 25.8. The van der Waals surface area contributed by atoms with Gasteiger partial charge in [-0.25, -0.2) is 0 Å². The molecule has 3 rings (SSSR count). The summed E-state index contributed by atoms with van der Waals surface area (Å²) in [6, 6.07) is 25.1. The molecule has 0 fully saturated rings. The normalized spacial score (nSPS) is 11.6. The molecule has 0 radical (unpaired) electrons. The third kappa shape index (κ3) is 9.03.